The minimum Gasteiger partial charge on any atom is -0.478 e. The van der Waals surface area contributed by atoms with Crippen LogP contribution in [0.15, 0.2) is 47.4 Å². The van der Waals surface area contributed by atoms with Gasteiger partial charge in [-0.15, -0.1) is 0 Å². The van der Waals surface area contributed by atoms with Gasteiger partial charge in [0.05, 0.1) is 17.3 Å². The smallest absolute Gasteiger partial charge is 0.407 e. The van der Waals surface area contributed by atoms with Crippen LogP contribution in [0.3, 0.4) is 0 Å². The summed E-state index contributed by atoms with van der Waals surface area (Å²) in [5, 5.41) is 12.5. The number of carbonyl (C=O) groups excluding carboxylic acids is 1. The highest BCUT2D eigenvalue weighted by molar-refractivity contribution is 8.00. The molecule has 0 radical (unpaired) electrons. The van der Waals surface area contributed by atoms with Gasteiger partial charge in [0.25, 0.3) is 0 Å². The normalized spacial score (nSPS) is 14.7. The third kappa shape index (κ3) is 11.1. The fourth-order valence-electron chi connectivity index (χ4n) is 6.21. The van der Waals surface area contributed by atoms with E-state index in [0.29, 0.717) is 29.1 Å². The van der Waals surface area contributed by atoms with E-state index >= 15 is 0 Å². The van der Waals surface area contributed by atoms with E-state index in [1.165, 1.54) is 49.6 Å². The fourth-order valence-corrected chi connectivity index (χ4v) is 6.84. The summed E-state index contributed by atoms with van der Waals surface area (Å²) < 4.78 is 15.3. The Morgan fingerprint density at radius 3 is 2.38 bits per heavy atom. The monoisotopic (exact) mass is 676 g/mol. The third-order valence-electron chi connectivity index (χ3n) is 8.27. The highest BCUT2D eigenvalue weighted by Crippen LogP contribution is 2.37. The Morgan fingerprint density at radius 1 is 1.00 bits per heavy atom. The lowest BCUT2D eigenvalue weighted by molar-refractivity contribution is 0.0470. The predicted molar refractivity (Wildman–Crippen MR) is 193 cm³/mol. The second-order valence-electron chi connectivity index (χ2n) is 15.1. The zero-order chi connectivity index (χ0) is 35.1. The van der Waals surface area contributed by atoms with Gasteiger partial charge in [-0.05, 0) is 100 Å². The molecule has 1 aliphatic carbocycles. The van der Waals surface area contributed by atoms with E-state index in [4.69, 9.17) is 19.4 Å². The maximum Gasteiger partial charge on any atom is 0.407 e. The molecule has 260 valence electrons. The number of aromatic nitrogens is 2. The number of carbonyl (C=O) groups is 2. The number of hydrogen-bond acceptors (Lipinski definition) is 8. The van der Waals surface area contributed by atoms with E-state index in [1.807, 2.05) is 33.8 Å². The molecule has 1 aliphatic rings. The molecule has 10 heteroatoms. The number of ether oxygens (including phenoxy) is 2. The Bertz CT molecular complexity index is 1570. The number of carboxylic acids is 1. The molecule has 4 rings (SSSR count). The highest BCUT2D eigenvalue weighted by atomic mass is 32.2. The molecule has 1 aromatic heterocycles. The lowest BCUT2D eigenvalue weighted by Gasteiger charge is -2.28. The molecule has 2 aromatic carbocycles. The minimum atomic E-state index is -0.989. The number of amides is 1. The van der Waals surface area contributed by atoms with Crippen LogP contribution in [0.25, 0.3) is 11.3 Å². The molecule has 0 saturated heterocycles. The van der Waals surface area contributed by atoms with Gasteiger partial charge in [0, 0.05) is 16.0 Å². The Hall–Kier alpha value is -3.79. The number of rotatable bonds is 12. The van der Waals surface area contributed by atoms with Crippen molar-refractivity contribution in [2.24, 2.45) is 11.3 Å². The summed E-state index contributed by atoms with van der Waals surface area (Å²) in [6.45, 7) is 16.2. The highest BCUT2D eigenvalue weighted by Gasteiger charge is 2.26. The van der Waals surface area contributed by atoms with Gasteiger partial charge in [-0.1, -0.05) is 77.1 Å². The van der Waals surface area contributed by atoms with Crippen molar-refractivity contribution in [2.75, 3.05) is 11.3 Å². The van der Waals surface area contributed by atoms with Crippen molar-refractivity contribution < 1.29 is 24.2 Å². The van der Waals surface area contributed by atoms with Crippen molar-refractivity contribution in [1.29, 1.82) is 0 Å². The number of carboxylic acid groups (broad SMARTS) is 1. The Kier molecular flexibility index (Phi) is 12.4. The number of nitrogens with one attached hydrogen (secondary N) is 2. The van der Waals surface area contributed by atoms with Crippen LogP contribution < -0.4 is 14.8 Å². The Morgan fingerprint density at radius 2 is 1.71 bits per heavy atom. The van der Waals surface area contributed by atoms with Gasteiger partial charge in [0.15, 0.2) is 0 Å². The molecule has 0 unspecified atom stereocenters. The second kappa shape index (κ2) is 16.1. The Balaban J connectivity index is 1.70. The van der Waals surface area contributed by atoms with Crippen molar-refractivity contribution >= 4 is 30.0 Å². The van der Waals surface area contributed by atoms with Gasteiger partial charge in [0.2, 0.25) is 11.8 Å². The first kappa shape index (κ1) is 37.0. The average Bonchev–Trinajstić information content (AvgIpc) is 2.99. The standard InChI is InChI=1S/C38H52N4O5S/c1-24-14-12-17-27(20-26-15-10-9-11-16-26)31(24)32-25(2)33(41-35(40-32)42-48-30-19-13-18-28(21-30)34(43)44)46-23-29(22-37(3,4)5)39-36(45)47-38(6,7)8/h12-14,17-19,21,26,29H,9-11,15-16,20,22-23H2,1-8H3,(H,39,45)(H,43,44)(H,40,41,42)/t29-/m1/s1. The molecular formula is C38H52N4O5S. The van der Waals surface area contributed by atoms with Crippen LogP contribution in [0.5, 0.6) is 5.88 Å². The number of hydrogen-bond donors (Lipinski definition) is 3. The molecule has 1 heterocycles. The Labute approximate surface area is 290 Å². The molecule has 3 N–H and O–H groups in total. The molecule has 1 atom stereocenters. The summed E-state index contributed by atoms with van der Waals surface area (Å²) in [4.78, 5) is 34.9. The van der Waals surface area contributed by atoms with Gasteiger partial charge in [0.1, 0.15) is 12.2 Å². The van der Waals surface area contributed by atoms with Crippen molar-refractivity contribution in [3.63, 3.8) is 0 Å². The summed E-state index contributed by atoms with van der Waals surface area (Å²) in [5.74, 6) is 0.413. The quantitative estimate of drug-likeness (QED) is 0.161. The number of aromatic carboxylic acids is 1. The maximum absolute atomic E-state index is 12.8. The van der Waals surface area contributed by atoms with Crippen molar-refractivity contribution in [2.45, 2.75) is 117 Å². The first-order valence-corrected chi connectivity index (χ1v) is 17.8. The van der Waals surface area contributed by atoms with E-state index in [1.54, 1.807) is 18.2 Å². The first-order valence-electron chi connectivity index (χ1n) is 16.9. The average molecular weight is 677 g/mol. The molecule has 1 saturated carbocycles. The van der Waals surface area contributed by atoms with Gasteiger partial charge in [-0.3, -0.25) is 4.72 Å². The largest absolute Gasteiger partial charge is 0.478 e. The molecule has 1 fully saturated rings. The lowest BCUT2D eigenvalue weighted by atomic mass is 9.82. The van der Waals surface area contributed by atoms with Crippen molar-refractivity contribution in [3.8, 4) is 17.1 Å². The third-order valence-corrected chi connectivity index (χ3v) is 9.05. The fraction of sp³-hybridized carbons (Fsp3) is 0.526. The lowest BCUT2D eigenvalue weighted by Crippen LogP contribution is -2.44. The number of alkyl carbamates (subject to hydrolysis) is 1. The molecule has 0 bridgehead atoms. The molecular weight excluding hydrogens is 625 g/mol. The number of anilines is 1. The minimum absolute atomic E-state index is 0.0854. The van der Waals surface area contributed by atoms with Crippen LogP contribution in [0.1, 0.15) is 107 Å². The SMILES string of the molecule is Cc1cccc(CC2CCCCC2)c1-c1nc(NSc2cccc(C(=O)O)c2)nc(OC[C@@H](CC(C)(C)C)NC(=O)OC(C)(C)C)c1C. The van der Waals surface area contributed by atoms with Crippen LogP contribution in [-0.4, -0.2) is 45.4 Å². The maximum atomic E-state index is 12.8. The zero-order valence-corrected chi connectivity index (χ0v) is 30.6. The zero-order valence-electron chi connectivity index (χ0n) is 29.7. The molecule has 0 aliphatic heterocycles. The van der Waals surface area contributed by atoms with Crippen molar-refractivity contribution in [3.05, 3.63) is 64.7 Å². The summed E-state index contributed by atoms with van der Waals surface area (Å²) in [6.07, 6.45) is 7.50. The van der Waals surface area contributed by atoms with Crippen molar-refractivity contribution in [1.82, 2.24) is 15.3 Å². The van der Waals surface area contributed by atoms with Crippen LogP contribution in [0.2, 0.25) is 0 Å². The van der Waals surface area contributed by atoms with E-state index in [-0.39, 0.29) is 23.6 Å². The molecule has 3 aromatic rings. The van der Waals surface area contributed by atoms with E-state index in [0.717, 1.165) is 28.8 Å². The molecule has 0 spiro atoms. The van der Waals surface area contributed by atoms with Crippen LogP contribution >= 0.6 is 11.9 Å². The van der Waals surface area contributed by atoms with Crippen LogP contribution in [0, 0.1) is 25.2 Å². The topological polar surface area (TPSA) is 123 Å². The van der Waals surface area contributed by atoms with Crippen LogP contribution in [0.4, 0.5) is 10.7 Å². The summed E-state index contributed by atoms with van der Waals surface area (Å²) in [7, 11) is 0. The first-order chi connectivity index (χ1) is 22.6. The molecule has 48 heavy (non-hydrogen) atoms. The van der Waals surface area contributed by atoms with E-state index in [9.17, 15) is 14.7 Å². The summed E-state index contributed by atoms with van der Waals surface area (Å²) in [5.41, 5.74) is 4.57. The van der Waals surface area contributed by atoms with E-state index in [2.05, 4.69) is 55.9 Å². The summed E-state index contributed by atoms with van der Waals surface area (Å²) >= 11 is 1.24. The summed E-state index contributed by atoms with van der Waals surface area (Å²) in [6, 6.07) is 12.8. The van der Waals surface area contributed by atoms with Crippen LogP contribution in [-0.2, 0) is 11.2 Å². The number of benzene rings is 2. The van der Waals surface area contributed by atoms with Gasteiger partial charge >= 0.3 is 12.1 Å². The predicted octanol–water partition coefficient (Wildman–Crippen LogP) is 9.41. The number of nitrogens with zero attached hydrogens (tertiary/aromatic N) is 2. The number of aryl methyl sites for hydroxylation is 1. The second-order valence-corrected chi connectivity index (χ2v) is 16.0. The van der Waals surface area contributed by atoms with E-state index < -0.39 is 17.7 Å². The van der Waals surface area contributed by atoms with Gasteiger partial charge < -0.3 is 19.9 Å². The van der Waals surface area contributed by atoms with Gasteiger partial charge in [-0.25, -0.2) is 14.6 Å². The molecule has 9 nitrogen and oxygen atoms in total. The molecule has 1 amide bonds. The van der Waals surface area contributed by atoms with Gasteiger partial charge in [-0.2, -0.15) is 4.98 Å².